The largest absolute Gasteiger partial charge is 0.465 e. The number of amides is 1. The van der Waals surface area contributed by atoms with Crippen molar-refractivity contribution in [2.45, 2.75) is 58.3 Å². The van der Waals surface area contributed by atoms with Crippen LogP contribution < -0.4 is 5.32 Å². The fourth-order valence-electron chi connectivity index (χ4n) is 4.20. The van der Waals surface area contributed by atoms with Crippen molar-refractivity contribution in [3.8, 4) is 0 Å². The van der Waals surface area contributed by atoms with E-state index in [4.69, 9.17) is 9.84 Å². The lowest BCUT2D eigenvalue weighted by Crippen LogP contribution is -2.30. The maximum absolute atomic E-state index is 11.7. The molecule has 0 saturated carbocycles. The normalized spacial score (nSPS) is 12.7. The summed E-state index contributed by atoms with van der Waals surface area (Å²) in [6.07, 6.45) is 8.45. The van der Waals surface area contributed by atoms with Crippen LogP contribution >= 0.6 is 0 Å². The molecule has 3 heterocycles. The van der Waals surface area contributed by atoms with Gasteiger partial charge in [-0.05, 0) is 41.8 Å². The Kier molecular flexibility index (Phi) is 7.85. The molecule has 0 aliphatic heterocycles. The molecule has 190 valence electrons. The summed E-state index contributed by atoms with van der Waals surface area (Å²) in [7, 11) is -1.13. The molecule has 2 N–H and O–H groups in total. The molecule has 1 aromatic carbocycles. The van der Waals surface area contributed by atoms with Crippen molar-refractivity contribution in [2.24, 2.45) is 0 Å². The summed E-state index contributed by atoms with van der Waals surface area (Å²) in [6.45, 7) is 10.7. The van der Waals surface area contributed by atoms with Crippen LogP contribution in [0.1, 0.15) is 28.6 Å². The van der Waals surface area contributed by atoms with E-state index in [1.165, 1.54) is 0 Å². The number of rotatable bonds is 11. The third kappa shape index (κ3) is 6.79. The highest BCUT2D eigenvalue weighted by atomic mass is 28.3. The minimum Gasteiger partial charge on any atom is -0.465 e. The van der Waals surface area contributed by atoms with Crippen molar-refractivity contribution in [1.29, 1.82) is 0 Å². The first-order valence-corrected chi connectivity index (χ1v) is 15.8. The van der Waals surface area contributed by atoms with E-state index in [1.54, 1.807) is 18.6 Å². The van der Waals surface area contributed by atoms with Crippen LogP contribution in [0.4, 0.5) is 4.79 Å². The zero-order valence-electron chi connectivity index (χ0n) is 21.3. The summed E-state index contributed by atoms with van der Waals surface area (Å²) in [6, 6.07) is 8.61. The maximum Gasteiger partial charge on any atom is 0.405 e. The molecule has 3 aromatic heterocycles. The number of carbonyl (C=O) groups is 1. The molecule has 9 nitrogen and oxygen atoms in total. The van der Waals surface area contributed by atoms with Gasteiger partial charge in [-0.2, -0.15) is 5.10 Å². The lowest BCUT2D eigenvalue weighted by atomic mass is 10.0. The molecule has 0 saturated heterocycles. The molecule has 0 bridgehead atoms. The zero-order chi connectivity index (χ0) is 25.7. The first-order valence-electron chi connectivity index (χ1n) is 12.1. The second kappa shape index (κ2) is 11.0. The molecule has 0 radical (unpaired) electrons. The lowest BCUT2D eigenvalue weighted by Gasteiger charge is -2.19. The van der Waals surface area contributed by atoms with E-state index >= 15 is 0 Å². The number of nitrogens with one attached hydrogen (secondary N) is 1. The average molecular weight is 507 g/mol. The van der Waals surface area contributed by atoms with E-state index < -0.39 is 20.2 Å². The molecule has 1 atom stereocenters. The van der Waals surface area contributed by atoms with Gasteiger partial charge in [0.25, 0.3) is 0 Å². The Labute approximate surface area is 212 Å². The van der Waals surface area contributed by atoms with Crippen LogP contribution in [0.15, 0.2) is 55.2 Å². The predicted molar refractivity (Wildman–Crippen MR) is 142 cm³/mol. The number of imidazole rings is 1. The molecule has 1 unspecified atom stereocenters. The fraction of sp³-hybridized carbons (Fsp3) is 0.385. The van der Waals surface area contributed by atoms with E-state index in [2.05, 4.69) is 47.1 Å². The lowest BCUT2D eigenvalue weighted by molar-refractivity contribution is 0.0791. The average Bonchev–Trinajstić information content (AvgIpc) is 3.43. The first kappa shape index (κ1) is 25.6. The van der Waals surface area contributed by atoms with Gasteiger partial charge in [0.15, 0.2) is 0 Å². The highest BCUT2D eigenvalue weighted by Crippen LogP contribution is 2.24. The highest BCUT2D eigenvalue weighted by Gasteiger charge is 2.21. The number of nitrogens with zero attached hydrogens (tertiary/aromatic N) is 5. The van der Waals surface area contributed by atoms with Gasteiger partial charge in [-0.25, -0.2) is 14.5 Å². The van der Waals surface area contributed by atoms with Gasteiger partial charge in [0.1, 0.15) is 12.6 Å². The Hall–Kier alpha value is -3.50. The van der Waals surface area contributed by atoms with E-state index in [-0.39, 0.29) is 0 Å². The number of aromatic nitrogens is 5. The van der Waals surface area contributed by atoms with Gasteiger partial charge < -0.3 is 19.7 Å². The smallest absolute Gasteiger partial charge is 0.405 e. The summed E-state index contributed by atoms with van der Waals surface area (Å²) in [5, 5.41) is 17.9. The monoisotopic (exact) mass is 506 g/mol. The summed E-state index contributed by atoms with van der Waals surface area (Å²) in [5.41, 5.74) is 3.99. The summed E-state index contributed by atoms with van der Waals surface area (Å²) >= 11 is 0. The molecule has 0 aliphatic carbocycles. The minimum absolute atomic E-state index is 0.420. The van der Waals surface area contributed by atoms with Gasteiger partial charge in [0.05, 0.1) is 18.1 Å². The number of hydrogen-bond acceptors (Lipinski definition) is 5. The molecule has 0 aliphatic rings. The number of benzene rings is 1. The third-order valence-electron chi connectivity index (χ3n) is 6.00. The molecule has 10 heteroatoms. The standard InChI is InChI=1S/C26H34N6O3Si/c1-19-12-21(13-22-17-32(30-24(19)22)18-35-10-11-36(2,3)4)14-23(29-26(33)34)25-28-8-9-31(25)16-20-6-5-7-27-15-20/h5-9,12-13,15,17,23,29H,10-11,14,16,18H2,1-4H3,(H,33,34). The molecular weight excluding hydrogens is 472 g/mol. The van der Waals surface area contributed by atoms with Crippen LogP contribution in [0, 0.1) is 6.92 Å². The van der Waals surface area contributed by atoms with Gasteiger partial charge in [-0.1, -0.05) is 31.8 Å². The van der Waals surface area contributed by atoms with Gasteiger partial charge >= 0.3 is 6.09 Å². The van der Waals surface area contributed by atoms with Crippen molar-refractivity contribution in [1.82, 2.24) is 29.6 Å². The SMILES string of the molecule is Cc1cc(CC(NC(=O)O)c2nccn2Cc2cccnc2)cc2cn(COCC[Si](C)(C)C)nc12. The number of ether oxygens (including phenoxy) is 1. The molecule has 0 fully saturated rings. The van der Waals surface area contributed by atoms with Crippen LogP contribution in [-0.4, -0.2) is 50.2 Å². The van der Waals surface area contributed by atoms with Crippen LogP contribution in [0.25, 0.3) is 10.9 Å². The topological polar surface area (TPSA) is 107 Å². The van der Waals surface area contributed by atoms with Crippen molar-refractivity contribution >= 4 is 25.1 Å². The van der Waals surface area contributed by atoms with Gasteiger partial charge in [-0.3, -0.25) is 4.98 Å². The summed E-state index contributed by atoms with van der Waals surface area (Å²) < 4.78 is 9.65. The van der Waals surface area contributed by atoms with Crippen LogP contribution in [-0.2, 0) is 24.4 Å². The quantitative estimate of drug-likeness (QED) is 0.222. The van der Waals surface area contributed by atoms with Gasteiger partial charge in [0, 0.05) is 57.5 Å². The number of carboxylic acid groups (broad SMARTS) is 1. The number of aryl methyl sites for hydroxylation is 1. The molecule has 1 amide bonds. The molecule has 4 aromatic rings. The van der Waals surface area contributed by atoms with E-state index in [0.717, 1.165) is 40.2 Å². The molecule has 4 rings (SSSR count). The van der Waals surface area contributed by atoms with Crippen molar-refractivity contribution < 1.29 is 14.6 Å². The zero-order valence-corrected chi connectivity index (χ0v) is 22.3. The molecular formula is C26H34N6O3Si. The van der Waals surface area contributed by atoms with Crippen LogP contribution in [0.5, 0.6) is 0 Å². The van der Waals surface area contributed by atoms with E-state index in [0.29, 0.717) is 25.5 Å². The van der Waals surface area contributed by atoms with Gasteiger partial charge in [0.2, 0.25) is 0 Å². The van der Waals surface area contributed by atoms with E-state index in [9.17, 15) is 9.90 Å². The first-order chi connectivity index (χ1) is 17.2. The second-order valence-electron chi connectivity index (χ2n) is 10.3. The summed E-state index contributed by atoms with van der Waals surface area (Å²) in [4.78, 5) is 20.3. The van der Waals surface area contributed by atoms with Gasteiger partial charge in [-0.15, -0.1) is 0 Å². The number of fused-ring (bicyclic) bond motifs is 1. The minimum atomic E-state index is -1.13. The Morgan fingerprint density at radius 3 is 2.78 bits per heavy atom. The van der Waals surface area contributed by atoms with Crippen molar-refractivity contribution in [3.63, 3.8) is 0 Å². The molecule has 36 heavy (non-hydrogen) atoms. The number of hydrogen-bond donors (Lipinski definition) is 2. The van der Waals surface area contributed by atoms with Crippen molar-refractivity contribution in [3.05, 3.63) is 77.8 Å². The Morgan fingerprint density at radius 2 is 2.06 bits per heavy atom. The second-order valence-corrected chi connectivity index (χ2v) is 16.0. The van der Waals surface area contributed by atoms with Crippen LogP contribution in [0.2, 0.25) is 25.7 Å². The fourth-order valence-corrected chi connectivity index (χ4v) is 4.96. The molecule has 0 spiro atoms. The number of pyridine rings is 1. The summed E-state index contributed by atoms with van der Waals surface area (Å²) in [5.74, 6) is 0.658. The predicted octanol–water partition coefficient (Wildman–Crippen LogP) is 4.85. The maximum atomic E-state index is 11.7. The van der Waals surface area contributed by atoms with E-state index in [1.807, 2.05) is 40.7 Å². The van der Waals surface area contributed by atoms with Crippen molar-refractivity contribution in [2.75, 3.05) is 6.61 Å². The van der Waals surface area contributed by atoms with Crippen LogP contribution in [0.3, 0.4) is 0 Å². The Bertz CT molecular complexity index is 1310. The highest BCUT2D eigenvalue weighted by molar-refractivity contribution is 6.76. The Morgan fingerprint density at radius 1 is 1.22 bits per heavy atom. The third-order valence-corrected chi connectivity index (χ3v) is 7.70. The Balaban J connectivity index is 1.53.